The summed E-state index contributed by atoms with van der Waals surface area (Å²) >= 11 is 5.70. The largest absolute Gasteiger partial charge is 0.508 e. The minimum absolute atomic E-state index is 0.0370. The van der Waals surface area contributed by atoms with Crippen LogP contribution in [-0.4, -0.2) is 32.9 Å². The highest BCUT2D eigenvalue weighted by atomic mass is 35.5. The molecule has 0 spiro atoms. The molecule has 0 amide bonds. The van der Waals surface area contributed by atoms with Crippen LogP contribution in [0.25, 0.3) is 6.08 Å². The van der Waals surface area contributed by atoms with Crippen LogP contribution in [0.5, 0.6) is 17.2 Å². The molecule has 2 aromatic carbocycles. The molecule has 2 N–H and O–H groups in total. The molecule has 174 valence electrons. The summed E-state index contributed by atoms with van der Waals surface area (Å²) in [5.74, 6) is -0.875. The van der Waals surface area contributed by atoms with Crippen molar-refractivity contribution in [1.82, 2.24) is 9.78 Å². The molecule has 33 heavy (non-hydrogen) atoms. The number of benzene rings is 2. The van der Waals surface area contributed by atoms with Crippen LogP contribution in [0.4, 0.5) is 17.6 Å². The Morgan fingerprint density at radius 1 is 1.15 bits per heavy atom. The van der Waals surface area contributed by atoms with Crippen LogP contribution >= 0.6 is 11.6 Å². The zero-order chi connectivity index (χ0) is 24.3. The molecule has 0 radical (unpaired) electrons. The average Bonchev–Trinajstić information content (AvgIpc) is 3.08. The van der Waals surface area contributed by atoms with E-state index in [9.17, 15) is 32.6 Å². The van der Waals surface area contributed by atoms with E-state index in [4.69, 9.17) is 16.3 Å². The Hall–Kier alpha value is -3.53. The Balaban J connectivity index is 1.93. The SMILES string of the molecule is COc1ccc(/C=C/C(=O)c2ccc(O)cc2O)cc1Cn1nc(C(F)F)c(Cl)c1C(F)F. The summed E-state index contributed by atoms with van der Waals surface area (Å²) in [6, 6.07) is 8.12. The van der Waals surface area contributed by atoms with Crippen LogP contribution in [-0.2, 0) is 6.54 Å². The number of carbonyl (C=O) groups is 1. The van der Waals surface area contributed by atoms with Gasteiger partial charge in [-0.25, -0.2) is 17.6 Å². The molecule has 1 heterocycles. The van der Waals surface area contributed by atoms with E-state index in [2.05, 4.69) is 5.10 Å². The van der Waals surface area contributed by atoms with E-state index < -0.39 is 40.8 Å². The molecule has 0 fully saturated rings. The monoisotopic (exact) mass is 484 g/mol. The second-order valence-electron chi connectivity index (χ2n) is 6.81. The lowest BCUT2D eigenvalue weighted by Gasteiger charge is -2.12. The van der Waals surface area contributed by atoms with Gasteiger partial charge < -0.3 is 14.9 Å². The van der Waals surface area contributed by atoms with Crippen molar-refractivity contribution < 1.29 is 37.3 Å². The van der Waals surface area contributed by atoms with Gasteiger partial charge in [0.05, 0.1) is 24.2 Å². The topological polar surface area (TPSA) is 84.6 Å². The molecule has 0 unspecified atom stereocenters. The first-order chi connectivity index (χ1) is 15.6. The molecule has 0 atom stereocenters. The normalized spacial score (nSPS) is 11.6. The predicted octanol–water partition coefficient (Wildman–Crippen LogP) is 5.78. The molecule has 0 bridgehead atoms. The standard InChI is InChI=1S/C22H17ClF4N2O4/c1-33-17-7-3-11(2-6-15(31)14-5-4-13(30)9-16(14)32)8-12(17)10-29-20(22(26)27)18(23)19(28-29)21(24)25/h2-9,21-22,30,32H,10H2,1H3/b6-2+. The maximum atomic E-state index is 13.5. The predicted molar refractivity (Wildman–Crippen MR) is 112 cm³/mol. The molecule has 0 saturated heterocycles. The lowest BCUT2D eigenvalue weighted by molar-refractivity contribution is 0.104. The van der Waals surface area contributed by atoms with E-state index in [-0.39, 0.29) is 23.6 Å². The van der Waals surface area contributed by atoms with Crippen molar-refractivity contribution in [3.63, 3.8) is 0 Å². The lowest BCUT2D eigenvalue weighted by Crippen LogP contribution is -2.08. The third-order valence-electron chi connectivity index (χ3n) is 4.67. The van der Waals surface area contributed by atoms with E-state index in [0.29, 0.717) is 15.8 Å². The van der Waals surface area contributed by atoms with Crippen LogP contribution in [0.3, 0.4) is 0 Å². The summed E-state index contributed by atoms with van der Waals surface area (Å²) in [5.41, 5.74) is -1.04. The fourth-order valence-corrected chi connectivity index (χ4v) is 3.42. The quantitative estimate of drug-likeness (QED) is 0.241. The number of hydrogen-bond donors (Lipinski definition) is 2. The number of ether oxygens (including phenoxy) is 1. The fraction of sp³-hybridized carbons (Fsp3) is 0.182. The molecular weight excluding hydrogens is 468 g/mol. The number of ketones is 1. The number of phenolic OH excluding ortho intramolecular Hbond substituents is 2. The van der Waals surface area contributed by atoms with Crippen molar-refractivity contribution in [3.05, 3.63) is 75.6 Å². The van der Waals surface area contributed by atoms with Gasteiger partial charge in [-0.1, -0.05) is 23.7 Å². The van der Waals surface area contributed by atoms with Gasteiger partial charge in [-0.2, -0.15) is 5.10 Å². The second kappa shape index (κ2) is 9.95. The molecule has 0 aliphatic rings. The van der Waals surface area contributed by atoms with Gasteiger partial charge in [-0.15, -0.1) is 0 Å². The number of alkyl halides is 4. The molecule has 0 aliphatic heterocycles. The van der Waals surface area contributed by atoms with Crippen molar-refractivity contribution in [2.75, 3.05) is 7.11 Å². The number of carbonyl (C=O) groups excluding carboxylic acids is 1. The summed E-state index contributed by atoms with van der Waals surface area (Å²) in [6.45, 7) is -0.344. The van der Waals surface area contributed by atoms with E-state index in [1.165, 1.54) is 43.5 Å². The minimum Gasteiger partial charge on any atom is -0.508 e. The van der Waals surface area contributed by atoms with Crippen molar-refractivity contribution in [2.24, 2.45) is 0 Å². The number of aromatic nitrogens is 2. The first-order valence-electron chi connectivity index (χ1n) is 9.36. The van der Waals surface area contributed by atoms with E-state index in [0.717, 1.165) is 6.07 Å². The molecule has 11 heteroatoms. The molecule has 0 aliphatic carbocycles. The number of nitrogens with zero attached hydrogens (tertiary/aromatic N) is 2. The van der Waals surface area contributed by atoms with Gasteiger partial charge in [-0.3, -0.25) is 9.48 Å². The van der Waals surface area contributed by atoms with Gasteiger partial charge in [-0.05, 0) is 35.9 Å². The summed E-state index contributed by atoms with van der Waals surface area (Å²) in [6.07, 6.45) is -3.69. The smallest absolute Gasteiger partial charge is 0.283 e. The van der Waals surface area contributed by atoms with E-state index in [1.54, 1.807) is 6.07 Å². The Morgan fingerprint density at radius 3 is 2.48 bits per heavy atom. The average molecular weight is 485 g/mol. The van der Waals surface area contributed by atoms with Crippen LogP contribution in [0.1, 0.15) is 45.7 Å². The van der Waals surface area contributed by atoms with Crippen LogP contribution in [0.2, 0.25) is 5.02 Å². The lowest BCUT2D eigenvalue weighted by atomic mass is 10.1. The molecule has 6 nitrogen and oxygen atoms in total. The van der Waals surface area contributed by atoms with Crippen molar-refractivity contribution in [3.8, 4) is 17.2 Å². The highest BCUT2D eigenvalue weighted by molar-refractivity contribution is 6.32. The van der Waals surface area contributed by atoms with E-state index in [1.807, 2.05) is 0 Å². The van der Waals surface area contributed by atoms with Gasteiger partial charge >= 0.3 is 0 Å². The Bertz CT molecular complexity index is 1210. The first kappa shape index (κ1) is 24.1. The minimum atomic E-state index is -3.14. The number of phenols is 2. The summed E-state index contributed by atoms with van der Waals surface area (Å²) in [7, 11) is 1.35. The maximum absolute atomic E-state index is 13.5. The molecule has 0 saturated carbocycles. The fourth-order valence-electron chi connectivity index (χ4n) is 3.12. The summed E-state index contributed by atoms with van der Waals surface area (Å²) < 4.78 is 59.0. The maximum Gasteiger partial charge on any atom is 0.283 e. The number of aromatic hydroxyl groups is 2. The molecule has 3 rings (SSSR count). The highest BCUT2D eigenvalue weighted by Gasteiger charge is 2.28. The van der Waals surface area contributed by atoms with Crippen molar-refractivity contribution >= 4 is 23.5 Å². The Labute approximate surface area is 190 Å². The number of hydrogen-bond acceptors (Lipinski definition) is 5. The zero-order valence-electron chi connectivity index (χ0n) is 17.0. The van der Waals surface area contributed by atoms with Crippen molar-refractivity contribution in [2.45, 2.75) is 19.4 Å². The third-order valence-corrected chi connectivity index (χ3v) is 5.06. The Morgan fingerprint density at radius 2 is 1.88 bits per heavy atom. The summed E-state index contributed by atoms with van der Waals surface area (Å²) in [4.78, 5) is 12.3. The van der Waals surface area contributed by atoms with Gasteiger partial charge in [0, 0.05) is 11.6 Å². The Kier molecular flexibility index (Phi) is 7.27. The van der Waals surface area contributed by atoms with Gasteiger partial charge in [0.1, 0.15) is 28.6 Å². The second-order valence-corrected chi connectivity index (χ2v) is 7.19. The summed E-state index contributed by atoms with van der Waals surface area (Å²) in [5, 5.41) is 21.9. The first-order valence-corrected chi connectivity index (χ1v) is 9.73. The van der Waals surface area contributed by atoms with Gasteiger partial charge in [0.2, 0.25) is 0 Å². The number of rotatable bonds is 8. The highest BCUT2D eigenvalue weighted by Crippen LogP contribution is 2.35. The van der Waals surface area contributed by atoms with Crippen molar-refractivity contribution in [1.29, 1.82) is 0 Å². The number of methoxy groups -OCH3 is 1. The van der Waals surface area contributed by atoms with Crippen LogP contribution < -0.4 is 4.74 Å². The molecule has 3 aromatic rings. The van der Waals surface area contributed by atoms with E-state index >= 15 is 0 Å². The van der Waals surface area contributed by atoms with Gasteiger partial charge in [0.25, 0.3) is 12.9 Å². The number of halogens is 5. The van der Waals surface area contributed by atoms with Crippen LogP contribution in [0.15, 0.2) is 42.5 Å². The zero-order valence-corrected chi connectivity index (χ0v) is 17.7. The van der Waals surface area contributed by atoms with Gasteiger partial charge in [0.15, 0.2) is 5.78 Å². The molecular formula is C22H17ClF4N2O4. The molecule has 1 aromatic heterocycles. The number of allylic oxidation sites excluding steroid dienone is 1. The third kappa shape index (κ3) is 5.28. The van der Waals surface area contributed by atoms with Crippen LogP contribution in [0, 0.1) is 0 Å².